The van der Waals surface area contributed by atoms with Gasteiger partial charge in [-0.25, -0.2) is 15.0 Å². The highest BCUT2D eigenvalue weighted by Gasteiger charge is 2.23. The third-order valence-electron chi connectivity index (χ3n) is 11.2. The van der Waals surface area contributed by atoms with Gasteiger partial charge in [-0.05, 0) is 75.0 Å². The van der Waals surface area contributed by atoms with E-state index in [-0.39, 0.29) is 0 Å². The molecule has 0 aliphatic heterocycles. The number of benzene rings is 9. The summed E-state index contributed by atoms with van der Waals surface area (Å²) in [5.41, 5.74) is 12.7. The molecule has 0 radical (unpaired) electrons. The Balaban J connectivity index is 1.27. The van der Waals surface area contributed by atoms with Crippen molar-refractivity contribution in [3.8, 4) is 73.2 Å². The summed E-state index contributed by atoms with van der Waals surface area (Å²) in [7, 11) is 0. The van der Waals surface area contributed by atoms with Gasteiger partial charge in [0.1, 0.15) is 0 Å². The summed E-state index contributed by atoms with van der Waals surface area (Å²) in [5.74, 6) is 1.86. The van der Waals surface area contributed by atoms with Gasteiger partial charge in [-0.3, -0.25) is 0 Å². The molecule has 4 nitrogen and oxygen atoms in total. The van der Waals surface area contributed by atoms with Crippen LogP contribution in [0.3, 0.4) is 0 Å². The molecule has 2 aromatic heterocycles. The summed E-state index contributed by atoms with van der Waals surface area (Å²) in [6.07, 6.45) is 0. The maximum Gasteiger partial charge on any atom is 0.164 e. The zero-order valence-electron chi connectivity index (χ0n) is 32.1. The number of rotatable bonds is 7. The molecule has 0 unspecified atom stereocenters. The number of nitrogens with zero attached hydrogens (tertiary/aromatic N) is 4. The number of para-hydroxylation sites is 1. The molecule has 4 heteroatoms. The molecule has 0 bridgehead atoms. The van der Waals surface area contributed by atoms with Crippen LogP contribution in [0, 0.1) is 0 Å². The second-order valence-electron chi connectivity index (χ2n) is 14.8. The SMILES string of the molecule is c1ccc(-c2cccc(-c3cc(-c4nc(-c5ccccc5)nc(-c5ccccc5)n4)c(-c4ccccc4)cc3-n3c4ccccc4c4cc5ccccc5cc43)c2)cc1. The van der Waals surface area contributed by atoms with E-state index in [1.165, 1.54) is 21.5 Å². The number of hydrogen-bond donors (Lipinski definition) is 0. The van der Waals surface area contributed by atoms with Crippen LogP contribution in [0.1, 0.15) is 0 Å². The normalized spacial score (nSPS) is 11.4. The highest BCUT2D eigenvalue weighted by Crippen LogP contribution is 2.44. The first-order valence-corrected chi connectivity index (χ1v) is 19.9. The molecule has 0 amide bonds. The summed E-state index contributed by atoms with van der Waals surface area (Å²) in [4.78, 5) is 15.6. The van der Waals surface area contributed by atoms with Crippen LogP contribution in [-0.4, -0.2) is 19.5 Å². The van der Waals surface area contributed by atoms with Gasteiger partial charge in [0.25, 0.3) is 0 Å². The number of fused-ring (bicyclic) bond motifs is 4. The van der Waals surface area contributed by atoms with Crippen LogP contribution < -0.4 is 0 Å². The van der Waals surface area contributed by atoms with Crippen LogP contribution in [0.25, 0.3) is 106 Å². The van der Waals surface area contributed by atoms with Gasteiger partial charge in [0.2, 0.25) is 0 Å². The third-order valence-corrected chi connectivity index (χ3v) is 11.2. The van der Waals surface area contributed by atoms with Crippen molar-refractivity contribution < 1.29 is 0 Å². The van der Waals surface area contributed by atoms with Crippen LogP contribution >= 0.6 is 0 Å². The van der Waals surface area contributed by atoms with Crippen LogP contribution in [0.4, 0.5) is 0 Å². The Morgan fingerprint density at radius 2 is 0.780 bits per heavy atom. The van der Waals surface area contributed by atoms with E-state index in [0.29, 0.717) is 17.5 Å². The molecule has 59 heavy (non-hydrogen) atoms. The van der Waals surface area contributed by atoms with Crippen molar-refractivity contribution in [1.82, 2.24) is 19.5 Å². The molecular formula is C55H36N4. The Morgan fingerprint density at radius 1 is 0.271 bits per heavy atom. The minimum atomic E-state index is 0.608. The van der Waals surface area contributed by atoms with Crippen molar-refractivity contribution in [3.05, 3.63) is 218 Å². The van der Waals surface area contributed by atoms with Crippen LogP contribution in [0.15, 0.2) is 218 Å². The minimum absolute atomic E-state index is 0.608. The highest BCUT2D eigenvalue weighted by atomic mass is 15.0. The smallest absolute Gasteiger partial charge is 0.164 e. The topological polar surface area (TPSA) is 43.6 Å². The Labute approximate surface area is 342 Å². The second kappa shape index (κ2) is 14.5. The van der Waals surface area contributed by atoms with Gasteiger partial charge in [-0.1, -0.05) is 182 Å². The second-order valence-corrected chi connectivity index (χ2v) is 14.8. The zero-order chi connectivity index (χ0) is 39.1. The van der Waals surface area contributed by atoms with Crippen molar-refractivity contribution in [1.29, 1.82) is 0 Å². The summed E-state index contributed by atoms with van der Waals surface area (Å²) < 4.78 is 2.45. The Bertz CT molecular complexity index is 3240. The quantitative estimate of drug-likeness (QED) is 0.163. The fraction of sp³-hybridized carbons (Fsp3) is 0. The fourth-order valence-corrected chi connectivity index (χ4v) is 8.39. The highest BCUT2D eigenvalue weighted by molar-refractivity contribution is 6.14. The molecule has 0 spiro atoms. The predicted molar refractivity (Wildman–Crippen MR) is 244 cm³/mol. The van der Waals surface area contributed by atoms with Crippen molar-refractivity contribution in [2.45, 2.75) is 0 Å². The van der Waals surface area contributed by atoms with Gasteiger partial charge < -0.3 is 4.57 Å². The predicted octanol–water partition coefficient (Wildman–Crippen LogP) is 14.1. The van der Waals surface area contributed by atoms with E-state index >= 15 is 0 Å². The number of aromatic nitrogens is 4. The Morgan fingerprint density at radius 3 is 1.44 bits per heavy atom. The van der Waals surface area contributed by atoms with E-state index in [2.05, 4.69) is 187 Å². The average molecular weight is 753 g/mol. The van der Waals surface area contributed by atoms with E-state index in [4.69, 9.17) is 15.0 Å². The van der Waals surface area contributed by atoms with Gasteiger partial charge in [-0.15, -0.1) is 0 Å². The molecule has 0 saturated heterocycles. The first-order chi connectivity index (χ1) is 29.2. The van der Waals surface area contributed by atoms with Gasteiger partial charge in [0, 0.05) is 33.0 Å². The molecule has 11 rings (SSSR count). The average Bonchev–Trinajstić information content (AvgIpc) is 3.64. The first-order valence-electron chi connectivity index (χ1n) is 19.9. The standard InChI is InChI=1S/C55H36N4/c1-5-18-37(19-6-1)41-28-17-29-44(32-41)47-35-49(55-57-53(39-22-9-3-10-23-39)56-54(58-55)40-24-11-4-12-25-40)46(38-20-7-2-8-21-38)36-52(47)59-50-31-16-15-30-45(50)48-33-42-26-13-14-27-43(42)34-51(48)59/h1-36H. The van der Waals surface area contributed by atoms with Gasteiger partial charge in [0.05, 0.1) is 16.7 Å². The fourth-order valence-electron chi connectivity index (χ4n) is 8.39. The monoisotopic (exact) mass is 752 g/mol. The molecule has 0 aliphatic carbocycles. The van der Waals surface area contributed by atoms with Crippen LogP contribution in [0.5, 0.6) is 0 Å². The molecule has 11 aromatic rings. The maximum atomic E-state index is 5.28. The van der Waals surface area contributed by atoms with E-state index in [1.807, 2.05) is 36.4 Å². The van der Waals surface area contributed by atoms with Gasteiger partial charge >= 0.3 is 0 Å². The Hall–Kier alpha value is -7.95. The molecule has 9 aromatic carbocycles. The molecule has 0 aliphatic rings. The van der Waals surface area contributed by atoms with E-state index in [9.17, 15) is 0 Å². The van der Waals surface area contributed by atoms with Crippen molar-refractivity contribution >= 4 is 32.6 Å². The Kier molecular flexibility index (Phi) is 8.45. The molecule has 2 heterocycles. The third kappa shape index (κ3) is 6.24. The largest absolute Gasteiger partial charge is 0.309 e. The lowest BCUT2D eigenvalue weighted by Gasteiger charge is -2.20. The summed E-state index contributed by atoms with van der Waals surface area (Å²) in [6.45, 7) is 0. The lowest BCUT2D eigenvalue weighted by molar-refractivity contribution is 1.07. The molecule has 0 atom stereocenters. The summed E-state index contributed by atoms with van der Waals surface area (Å²) >= 11 is 0. The van der Waals surface area contributed by atoms with Gasteiger partial charge in [-0.2, -0.15) is 0 Å². The maximum absolute atomic E-state index is 5.28. The van der Waals surface area contributed by atoms with Crippen molar-refractivity contribution in [3.63, 3.8) is 0 Å². The summed E-state index contributed by atoms with van der Waals surface area (Å²) in [6, 6.07) is 77.2. The lowest BCUT2D eigenvalue weighted by atomic mass is 9.91. The molecule has 0 saturated carbocycles. The van der Waals surface area contributed by atoms with E-state index in [0.717, 1.165) is 66.8 Å². The zero-order valence-corrected chi connectivity index (χ0v) is 32.1. The van der Waals surface area contributed by atoms with Gasteiger partial charge in [0.15, 0.2) is 17.5 Å². The van der Waals surface area contributed by atoms with Crippen molar-refractivity contribution in [2.24, 2.45) is 0 Å². The molecule has 0 fully saturated rings. The van der Waals surface area contributed by atoms with Crippen molar-refractivity contribution in [2.75, 3.05) is 0 Å². The summed E-state index contributed by atoms with van der Waals surface area (Å²) in [5, 5.41) is 4.84. The van der Waals surface area contributed by atoms with E-state index < -0.39 is 0 Å². The molecule has 276 valence electrons. The van der Waals surface area contributed by atoms with E-state index in [1.54, 1.807) is 0 Å². The first kappa shape index (κ1) is 34.3. The lowest BCUT2D eigenvalue weighted by Crippen LogP contribution is -2.04. The van der Waals surface area contributed by atoms with Crippen LogP contribution in [0.2, 0.25) is 0 Å². The number of hydrogen-bond acceptors (Lipinski definition) is 3. The molecule has 0 N–H and O–H groups in total. The minimum Gasteiger partial charge on any atom is -0.309 e. The van der Waals surface area contributed by atoms with Crippen LogP contribution in [-0.2, 0) is 0 Å². The molecular weight excluding hydrogens is 717 g/mol.